The molecule has 2 aromatic rings. The van der Waals surface area contributed by atoms with Crippen LogP contribution in [-0.4, -0.2) is 57.7 Å². The average molecular weight is 448 g/mol. The summed E-state index contributed by atoms with van der Waals surface area (Å²) >= 11 is 0. The molecule has 1 fully saturated rings. The van der Waals surface area contributed by atoms with E-state index in [1.807, 2.05) is 0 Å². The van der Waals surface area contributed by atoms with Crippen LogP contribution in [0.25, 0.3) is 0 Å². The molecule has 0 spiro atoms. The number of anilines is 1. The number of carbonyl (C=O) groups is 2. The fourth-order valence-corrected chi connectivity index (χ4v) is 4.45. The van der Waals surface area contributed by atoms with E-state index in [2.05, 4.69) is 5.32 Å². The molecule has 10 heteroatoms. The number of ether oxygens (including phenoxy) is 3. The number of nitrogens with one attached hydrogen (secondary N) is 1. The van der Waals surface area contributed by atoms with Crippen molar-refractivity contribution in [1.29, 1.82) is 0 Å². The van der Waals surface area contributed by atoms with Gasteiger partial charge in [-0.1, -0.05) is 18.2 Å². The normalized spacial score (nSPS) is 14.6. The predicted octanol–water partition coefficient (Wildman–Crippen LogP) is 2.63. The van der Waals surface area contributed by atoms with Gasteiger partial charge in [-0.25, -0.2) is 18.0 Å². The molecular formula is C21H24N2O7S. The molecular weight excluding hydrogens is 424 g/mol. The maximum Gasteiger partial charge on any atom is 0.411 e. The Morgan fingerprint density at radius 2 is 1.81 bits per heavy atom. The third-order valence-corrected chi connectivity index (χ3v) is 6.39. The number of hydrogen-bond donors (Lipinski definition) is 1. The van der Waals surface area contributed by atoms with Crippen molar-refractivity contribution in [3.05, 3.63) is 59.7 Å². The molecule has 0 aromatic heterocycles. The van der Waals surface area contributed by atoms with Crippen LogP contribution in [0.15, 0.2) is 53.4 Å². The second-order valence-corrected chi connectivity index (χ2v) is 8.60. The van der Waals surface area contributed by atoms with Crippen LogP contribution >= 0.6 is 0 Å². The number of esters is 1. The van der Waals surface area contributed by atoms with Crippen LogP contribution in [0.3, 0.4) is 0 Å². The van der Waals surface area contributed by atoms with E-state index < -0.39 is 22.1 Å². The van der Waals surface area contributed by atoms with Crippen LogP contribution in [-0.2, 0) is 30.8 Å². The molecule has 1 aliphatic heterocycles. The van der Waals surface area contributed by atoms with Gasteiger partial charge in [-0.2, -0.15) is 4.31 Å². The molecule has 0 unspecified atom stereocenters. The lowest BCUT2D eigenvalue weighted by Crippen LogP contribution is -2.40. The summed E-state index contributed by atoms with van der Waals surface area (Å²) in [4.78, 5) is 24.1. The van der Waals surface area contributed by atoms with Crippen molar-refractivity contribution < 1.29 is 32.2 Å². The molecule has 1 heterocycles. The van der Waals surface area contributed by atoms with Gasteiger partial charge in [0.15, 0.2) is 0 Å². The molecule has 0 aliphatic carbocycles. The van der Waals surface area contributed by atoms with E-state index in [-0.39, 0.29) is 23.7 Å². The highest BCUT2D eigenvalue weighted by atomic mass is 32.2. The Morgan fingerprint density at radius 3 is 2.55 bits per heavy atom. The number of hydrogen-bond acceptors (Lipinski definition) is 7. The van der Waals surface area contributed by atoms with E-state index in [4.69, 9.17) is 14.2 Å². The zero-order valence-electron chi connectivity index (χ0n) is 17.1. The smallest absolute Gasteiger partial charge is 0.411 e. The summed E-state index contributed by atoms with van der Waals surface area (Å²) in [7, 11) is -3.64. The molecule has 1 aliphatic rings. The zero-order chi connectivity index (χ0) is 22.3. The Kier molecular flexibility index (Phi) is 7.61. The number of benzene rings is 2. The first-order chi connectivity index (χ1) is 14.9. The molecule has 0 bridgehead atoms. The third-order valence-electron chi connectivity index (χ3n) is 4.50. The van der Waals surface area contributed by atoms with Gasteiger partial charge >= 0.3 is 12.1 Å². The molecule has 31 heavy (non-hydrogen) atoms. The molecule has 2 aromatic carbocycles. The first-order valence-electron chi connectivity index (χ1n) is 9.78. The monoisotopic (exact) mass is 448 g/mol. The maximum absolute atomic E-state index is 12.8. The van der Waals surface area contributed by atoms with Gasteiger partial charge in [0.25, 0.3) is 0 Å². The summed E-state index contributed by atoms with van der Waals surface area (Å²) in [6.07, 6.45) is -0.619. The topological polar surface area (TPSA) is 111 Å². The van der Waals surface area contributed by atoms with Crippen molar-refractivity contribution in [3.8, 4) is 0 Å². The Morgan fingerprint density at radius 1 is 1.06 bits per heavy atom. The quantitative estimate of drug-likeness (QED) is 0.648. The van der Waals surface area contributed by atoms with Crippen molar-refractivity contribution >= 4 is 27.8 Å². The second kappa shape index (κ2) is 10.4. The van der Waals surface area contributed by atoms with E-state index in [0.29, 0.717) is 37.6 Å². The molecule has 0 radical (unpaired) electrons. The van der Waals surface area contributed by atoms with Crippen LogP contribution in [0.4, 0.5) is 10.5 Å². The minimum atomic E-state index is -3.64. The number of nitrogens with zero attached hydrogens (tertiary/aromatic N) is 1. The highest BCUT2D eigenvalue weighted by Crippen LogP contribution is 2.19. The van der Waals surface area contributed by atoms with Gasteiger partial charge in [0, 0.05) is 18.8 Å². The van der Waals surface area contributed by atoms with Gasteiger partial charge in [-0.05, 0) is 42.8 Å². The standard InChI is InChI=1S/C21H24N2O7S/c1-2-29-21(25)22-18-7-4-6-17(14-18)20(24)30-15-16-5-3-8-19(13-16)31(26,27)23-9-11-28-12-10-23/h3-8,13-14H,2,9-12,15H2,1H3,(H,22,25). The lowest BCUT2D eigenvalue weighted by atomic mass is 10.2. The lowest BCUT2D eigenvalue weighted by Gasteiger charge is -2.26. The van der Waals surface area contributed by atoms with Crippen LogP contribution in [0, 0.1) is 0 Å². The zero-order valence-corrected chi connectivity index (χ0v) is 17.9. The van der Waals surface area contributed by atoms with Gasteiger partial charge in [0.05, 0.1) is 30.3 Å². The molecule has 0 saturated carbocycles. The molecule has 1 N–H and O–H groups in total. The lowest BCUT2D eigenvalue weighted by molar-refractivity contribution is 0.0472. The number of carbonyl (C=O) groups excluding carboxylic acids is 2. The van der Waals surface area contributed by atoms with E-state index in [9.17, 15) is 18.0 Å². The first kappa shape index (κ1) is 22.7. The molecule has 1 amide bonds. The average Bonchev–Trinajstić information content (AvgIpc) is 2.78. The minimum Gasteiger partial charge on any atom is -0.457 e. The molecule has 166 valence electrons. The Labute approximate surface area is 181 Å². The van der Waals surface area contributed by atoms with E-state index in [1.165, 1.54) is 22.5 Å². The third kappa shape index (κ3) is 6.03. The number of sulfonamides is 1. The van der Waals surface area contributed by atoms with Gasteiger partial charge < -0.3 is 14.2 Å². The van der Waals surface area contributed by atoms with Crippen molar-refractivity contribution in [2.75, 3.05) is 38.2 Å². The Hall–Kier alpha value is -2.95. The number of rotatable bonds is 7. The second-order valence-electron chi connectivity index (χ2n) is 6.67. The van der Waals surface area contributed by atoms with Crippen LogP contribution in [0.5, 0.6) is 0 Å². The molecule has 3 rings (SSSR count). The summed E-state index contributed by atoms with van der Waals surface area (Å²) in [5.41, 5.74) is 1.18. The van der Waals surface area contributed by atoms with Gasteiger partial charge in [-0.3, -0.25) is 5.32 Å². The first-order valence-corrected chi connectivity index (χ1v) is 11.2. The molecule has 0 atom stereocenters. The van der Waals surface area contributed by atoms with Crippen molar-refractivity contribution in [3.63, 3.8) is 0 Å². The predicted molar refractivity (Wildman–Crippen MR) is 112 cm³/mol. The fraction of sp³-hybridized carbons (Fsp3) is 0.333. The fourth-order valence-electron chi connectivity index (χ4n) is 2.97. The number of amides is 1. The highest BCUT2D eigenvalue weighted by Gasteiger charge is 2.26. The summed E-state index contributed by atoms with van der Waals surface area (Å²) in [5.74, 6) is -0.603. The van der Waals surface area contributed by atoms with Crippen LogP contribution < -0.4 is 5.32 Å². The van der Waals surface area contributed by atoms with E-state index in [1.54, 1.807) is 37.3 Å². The van der Waals surface area contributed by atoms with Gasteiger partial charge in [0.2, 0.25) is 10.0 Å². The molecule has 1 saturated heterocycles. The molecule has 9 nitrogen and oxygen atoms in total. The number of morpholine rings is 1. The largest absolute Gasteiger partial charge is 0.457 e. The van der Waals surface area contributed by atoms with E-state index in [0.717, 1.165) is 0 Å². The van der Waals surface area contributed by atoms with Crippen molar-refractivity contribution in [2.24, 2.45) is 0 Å². The van der Waals surface area contributed by atoms with Crippen LogP contribution in [0.2, 0.25) is 0 Å². The van der Waals surface area contributed by atoms with E-state index >= 15 is 0 Å². The summed E-state index contributed by atoms with van der Waals surface area (Å²) in [5, 5.41) is 2.52. The highest BCUT2D eigenvalue weighted by molar-refractivity contribution is 7.89. The van der Waals surface area contributed by atoms with Crippen LogP contribution in [0.1, 0.15) is 22.8 Å². The minimum absolute atomic E-state index is 0.0964. The Bertz CT molecular complexity index is 1030. The van der Waals surface area contributed by atoms with Crippen molar-refractivity contribution in [1.82, 2.24) is 4.31 Å². The summed E-state index contributed by atoms with van der Waals surface area (Å²) in [6, 6.07) is 12.6. The van der Waals surface area contributed by atoms with Crippen molar-refractivity contribution in [2.45, 2.75) is 18.4 Å². The summed E-state index contributed by atoms with van der Waals surface area (Å²) in [6.45, 7) is 3.15. The Balaban J connectivity index is 1.64. The maximum atomic E-state index is 12.8. The van der Waals surface area contributed by atoms with Gasteiger partial charge in [0.1, 0.15) is 6.61 Å². The summed E-state index contributed by atoms with van der Waals surface area (Å²) < 4.78 is 42.3. The SMILES string of the molecule is CCOC(=O)Nc1cccc(C(=O)OCc2cccc(S(=O)(=O)N3CCOCC3)c2)c1. The van der Waals surface area contributed by atoms with Gasteiger partial charge in [-0.15, -0.1) is 0 Å².